The highest BCUT2D eigenvalue weighted by atomic mass is 32.2. The van der Waals surface area contributed by atoms with Crippen molar-refractivity contribution in [3.8, 4) is 0 Å². The number of carbonyl (C=O) groups excluding carboxylic acids is 2. The Morgan fingerprint density at radius 2 is 1.60 bits per heavy atom. The number of carboxylic acid groups (broad SMARTS) is 1. The van der Waals surface area contributed by atoms with E-state index in [1.165, 1.54) is 6.26 Å². The number of aliphatic carboxylic acids is 1. The fraction of sp³-hybridized carbons (Fsp3) is 0.765. The number of carbonyl (C=O) groups is 3. The first-order valence-electron chi connectivity index (χ1n) is 9.73. The maximum absolute atomic E-state index is 12.7. The molecule has 0 aromatic rings. The van der Waals surface area contributed by atoms with Crippen LogP contribution >= 0.6 is 0 Å². The molecule has 0 saturated carbocycles. The van der Waals surface area contributed by atoms with Gasteiger partial charge in [-0.05, 0) is 45.1 Å². The molecular formula is C17H35N7O5S. The molecule has 30 heavy (non-hydrogen) atoms. The molecule has 0 bridgehead atoms. The van der Waals surface area contributed by atoms with E-state index in [9.17, 15) is 23.7 Å². The Morgan fingerprint density at radius 3 is 2.13 bits per heavy atom. The van der Waals surface area contributed by atoms with Crippen molar-refractivity contribution >= 4 is 34.5 Å². The number of nitrogens with two attached hydrogens (primary N) is 4. The Hall–Kier alpha value is -2.25. The second-order valence-electron chi connectivity index (χ2n) is 6.87. The number of unbranched alkanes of at least 4 members (excludes halogenated alkanes) is 1. The van der Waals surface area contributed by atoms with Gasteiger partial charge < -0.3 is 38.7 Å². The first-order valence-corrected chi connectivity index (χ1v) is 11.5. The molecule has 12 nitrogen and oxygen atoms in total. The van der Waals surface area contributed by atoms with Gasteiger partial charge >= 0.3 is 5.97 Å². The second-order valence-corrected chi connectivity index (χ2v) is 8.42. The van der Waals surface area contributed by atoms with Crippen LogP contribution in [-0.2, 0) is 25.2 Å². The number of amides is 2. The van der Waals surface area contributed by atoms with E-state index in [-0.39, 0.29) is 37.5 Å². The largest absolute Gasteiger partial charge is 0.480 e. The lowest BCUT2D eigenvalue weighted by Crippen LogP contribution is -2.54. The highest BCUT2D eigenvalue weighted by molar-refractivity contribution is 7.84. The van der Waals surface area contributed by atoms with Gasteiger partial charge in [0.15, 0.2) is 5.96 Å². The summed E-state index contributed by atoms with van der Waals surface area (Å²) in [5.74, 6) is -2.25. The summed E-state index contributed by atoms with van der Waals surface area (Å²) >= 11 is 0. The molecule has 0 heterocycles. The molecule has 2 amide bonds. The lowest BCUT2D eigenvalue weighted by molar-refractivity contribution is -0.142. The predicted octanol–water partition coefficient (Wildman–Crippen LogP) is -2.68. The number of rotatable bonds is 16. The van der Waals surface area contributed by atoms with Crippen LogP contribution in [0.5, 0.6) is 0 Å². The van der Waals surface area contributed by atoms with Gasteiger partial charge in [0.25, 0.3) is 0 Å². The SMILES string of the molecule is CS(=O)CCC(N)C(=O)NC(CCCN=C(N)N)C(=O)NC(CCCCN)C(=O)O. The van der Waals surface area contributed by atoms with Gasteiger partial charge in [0, 0.05) is 29.4 Å². The van der Waals surface area contributed by atoms with Gasteiger partial charge in [-0.25, -0.2) is 4.79 Å². The summed E-state index contributed by atoms with van der Waals surface area (Å²) in [6.45, 7) is 0.659. The molecule has 11 N–H and O–H groups in total. The smallest absolute Gasteiger partial charge is 0.326 e. The quantitative estimate of drug-likeness (QED) is 0.0738. The van der Waals surface area contributed by atoms with Crippen LogP contribution in [0.25, 0.3) is 0 Å². The molecule has 0 aliphatic carbocycles. The van der Waals surface area contributed by atoms with Gasteiger partial charge in [-0.3, -0.25) is 18.8 Å². The number of nitrogens with one attached hydrogen (secondary N) is 2. The van der Waals surface area contributed by atoms with Gasteiger partial charge in [0.2, 0.25) is 11.8 Å². The molecular weight excluding hydrogens is 414 g/mol. The second kappa shape index (κ2) is 15.6. The third-order valence-corrected chi connectivity index (χ3v) is 5.00. The maximum atomic E-state index is 12.7. The van der Waals surface area contributed by atoms with E-state index in [0.717, 1.165) is 0 Å². The molecule has 0 aliphatic heterocycles. The Kier molecular flexibility index (Phi) is 14.4. The monoisotopic (exact) mass is 449 g/mol. The maximum Gasteiger partial charge on any atom is 0.326 e. The summed E-state index contributed by atoms with van der Waals surface area (Å²) in [6.07, 6.45) is 3.62. The van der Waals surface area contributed by atoms with Crippen molar-refractivity contribution in [2.24, 2.45) is 27.9 Å². The van der Waals surface area contributed by atoms with Crippen LogP contribution in [0, 0.1) is 0 Å². The zero-order valence-corrected chi connectivity index (χ0v) is 18.2. The molecule has 0 radical (unpaired) electrons. The minimum Gasteiger partial charge on any atom is -0.480 e. The van der Waals surface area contributed by atoms with E-state index >= 15 is 0 Å². The molecule has 0 fully saturated rings. The Bertz CT molecular complexity index is 613. The van der Waals surface area contributed by atoms with Gasteiger partial charge in [0.05, 0.1) is 6.04 Å². The topological polar surface area (TPSA) is 229 Å². The van der Waals surface area contributed by atoms with Gasteiger partial charge in [-0.1, -0.05) is 0 Å². The van der Waals surface area contributed by atoms with Gasteiger partial charge in [0.1, 0.15) is 12.1 Å². The minimum atomic E-state index is -1.17. The van der Waals surface area contributed by atoms with E-state index in [1.807, 2.05) is 0 Å². The fourth-order valence-electron chi connectivity index (χ4n) is 2.50. The summed E-state index contributed by atoms with van der Waals surface area (Å²) in [4.78, 5) is 40.2. The number of guanidine groups is 1. The third kappa shape index (κ3) is 13.1. The van der Waals surface area contributed by atoms with E-state index in [2.05, 4.69) is 15.6 Å². The van der Waals surface area contributed by atoms with Crippen LogP contribution in [0.2, 0.25) is 0 Å². The molecule has 0 saturated heterocycles. The predicted molar refractivity (Wildman–Crippen MR) is 116 cm³/mol. The van der Waals surface area contributed by atoms with Crippen LogP contribution in [0.3, 0.4) is 0 Å². The number of aliphatic imine (C=N–C) groups is 1. The standard InChI is InChI=1S/C17H35N7O5S/c1-30(29)10-7-11(19)14(25)23-12(6-4-9-22-17(20)21)15(26)24-13(16(27)28)5-2-3-8-18/h11-13H,2-10,18-19H2,1H3,(H,23,25)(H,24,26)(H,27,28)(H4,20,21,22). The highest BCUT2D eigenvalue weighted by Gasteiger charge is 2.27. The first kappa shape index (κ1) is 27.8. The zero-order chi connectivity index (χ0) is 23.1. The molecule has 174 valence electrons. The average molecular weight is 450 g/mol. The molecule has 0 aliphatic rings. The normalized spacial score (nSPS) is 14.8. The number of nitrogens with zero attached hydrogens (tertiary/aromatic N) is 1. The van der Waals surface area contributed by atoms with Crippen molar-refractivity contribution in [1.82, 2.24) is 10.6 Å². The van der Waals surface area contributed by atoms with E-state index in [0.29, 0.717) is 25.8 Å². The summed E-state index contributed by atoms with van der Waals surface area (Å²) < 4.78 is 11.2. The van der Waals surface area contributed by atoms with Crippen LogP contribution in [0.1, 0.15) is 38.5 Å². The molecule has 0 spiro atoms. The van der Waals surface area contributed by atoms with Crippen LogP contribution in [-0.4, -0.2) is 76.3 Å². The number of hydrogen-bond donors (Lipinski definition) is 7. The fourth-order valence-corrected chi connectivity index (χ4v) is 3.08. The Morgan fingerprint density at radius 1 is 1.00 bits per heavy atom. The summed E-state index contributed by atoms with van der Waals surface area (Å²) in [7, 11) is -1.10. The van der Waals surface area contributed by atoms with Gasteiger partial charge in [-0.2, -0.15) is 0 Å². The van der Waals surface area contributed by atoms with Crippen molar-refractivity contribution < 1.29 is 23.7 Å². The van der Waals surface area contributed by atoms with Crippen molar-refractivity contribution in [2.75, 3.05) is 25.1 Å². The molecule has 0 aromatic heterocycles. The van der Waals surface area contributed by atoms with E-state index < -0.39 is 46.7 Å². The van der Waals surface area contributed by atoms with Crippen molar-refractivity contribution in [2.45, 2.75) is 56.7 Å². The highest BCUT2D eigenvalue weighted by Crippen LogP contribution is 2.05. The van der Waals surface area contributed by atoms with E-state index in [4.69, 9.17) is 22.9 Å². The van der Waals surface area contributed by atoms with Crippen LogP contribution < -0.4 is 33.6 Å². The van der Waals surface area contributed by atoms with Gasteiger partial charge in [-0.15, -0.1) is 0 Å². The van der Waals surface area contributed by atoms with Crippen LogP contribution in [0.4, 0.5) is 0 Å². The van der Waals surface area contributed by atoms with E-state index in [1.54, 1.807) is 0 Å². The number of carboxylic acids is 1. The average Bonchev–Trinajstić information content (AvgIpc) is 2.66. The first-order chi connectivity index (χ1) is 14.1. The molecule has 13 heteroatoms. The molecule has 4 atom stereocenters. The van der Waals surface area contributed by atoms with Crippen LogP contribution in [0.15, 0.2) is 4.99 Å². The van der Waals surface area contributed by atoms with Crippen molar-refractivity contribution in [3.05, 3.63) is 0 Å². The Labute approximate surface area is 179 Å². The van der Waals surface area contributed by atoms with Crippen molar-refractivity contribution in [3.63, 3.8) is 0 Å². The lowest BCUT2D eigenvalue weighted by atomic mass is 10.1. The lowest BCUT2D eigenvalue weighted by Gasteiger charge is -2.23. The minimum absolute atomic E-state index is 0.0968. The summed E-state index contributed by atoms with van der Waals surface area (Å²) in [6, 6.07) is -3.06. The molecule has 0 rings (SSSR count). The summed E-state index contributed by atoms with van der Waals surface area (Å²) in [5.41, 5.74) is 21.7. The van der Waals surface area contributed by atoms with Crippen molar-refractivity contribution in [1.29, 1.82) is 0 Å². The third-order valence-electron chi connectivity index (χ3n) is 4.19. The molecule has 0 aromatic carbocycles. The number of hydrogen-bond acceptors (Lipinski definition) is 7. The Balaban J connectivity index is 5.07. The summed E-state index contributed by atoms with van der Waals surface area (Å²) in [5, 5.41) is 14.3. The zero-order valence-electron chi connectivity index (χ0n) is 17.3. The molecule has 4 unspecified atom stereocenters.